The molecule has 2 aromatic rings. The molecule has 0 fully saturated rings. The van der Waals surface area contributed by atoms with Crippen LogP contribution in [-0.4, -0.2) is 23.2 Å². The van der Waals surface area contributed by atoms with Crippen LogP contribution in [0.2, 0.25) is 0 Å². The second-order valence-electron chi connectivity index (χ2n) is 2.98. The third-order valence-corrected chi connectivity index (χ3v) is 1.98. The van der Waals surface area contributed by atoms with Crippen molar-refractivity contribution in [3.05, 3.63) is 24.5 Å². The van der Waals surface area contributed by atoms with Gasteiger partial charge in [0.05, 0.1) is 5.52 Å². The molecule has 2 N–H and O–H groups in total. The first-order valence-corrected chi connectivity index (χ1v) is 4.50. The Morgan fingerprint density at radius 2 is 2.20 bits per heavy atom. The second-order valence-corrected chi connectivity index (χ2v) is 2.98. The molecule has 1 heterocycles. The fourth-order valence-corrected chi connectivity index (χ4v) is 1.30. The van der Waals surface area contributed by atoms with Crippen molar-refractivity contribution in [1.82, 2.24) is 9.97 Å². The summed E-state index contributed by atoms with van der Waals surface area (Å²) in [6.45, 7) is -0.474. The molecule has 0 saturated carbocycles. The van der Waals surface area contributed by atoms with Crippen LogP contribution in [0, 0.1) is 0 Å². The van der Waals surface area contributed by atoms with Gasteiger partial charge in [-0.2, -0.15) is 0 Å². The first-order chi connectivity index (χ1) is 7.31. The number of ether oxygens (including phenoxy) is 1. The summed E-state index contributed by atoms with van der Waals surface area (Å²) >= 11 is 0. The van der Waals surface area contributed by atoms with Crippen LogP contribution >= 0.6 is 0 Å². The number of hydrogen-bond donors (Lipinski definition) is 1. The molecule has 0 aliphatic carbocycles. The van der Waals surface area contributed by atoms with E-state index in [-0.39, 0.29) is 6.61 Å². The van der Waals surface area contributed by atoms with Crippen LogP contribution in [0.1, 0.15) is 0 Å². The van der Waals surface area contributed by atoms with Gasteiger partial charge >= 0.3 is 0 Å². The van der Waals surface area contributed by atoms with Crippen molar-refractivity contribution < 1.29 is 9.13 Å². The number of aromatic nitrogens is 2. The van der Waals surface area contributed by atoms with Crippen LogP contribution in [0.3, 0.4) is 0 Å². The average molecular weight is 207 g/mol. The number of alkyl halides is 1. The third kappa shape index (κ3) is 1.96. The van der Waals surface area contributed by atoms with Gasteiger partial charge in [0.25, 0.3) is 0 Å². The van der Waals surface area contributed by atoms with E-state index in [0.29, 0.717) is 17.0 Å². The van der Waals surface area contributed by atoms with Crippen molar-refractivity contribution in [3.63, 3.8) is 0 Å². The molecule has 0 spiro atoms. The van der Waals surface area contributed by atoms with Crippen molar-refractivity contribution in [2.75, 3.05) is 19.0 Å². The van der Waals surface area contributed by atoms with E-state index in [1.54, 1.807) is 18.2 Å². The van der Waals surface area contributed by atoms with Crippen LogP contribution in [0.5, 0.6) is 5.75 Å². The number of nitrogens with two attached hydrogens (primary N) is 1. The molecule has 0 atom stereocenters. The fraction of sp³-hybridized carbons (Fsp3) is 0.200. The van der Waals surface area contributed by atoms with Crippen LogP contribution < -0.4 is 10.5 Å². The first kappa shape index (κ1) is 9.64. The maximum atomic E-state index is 11.9. The molecule has 0 aliphatic rings. The van der Waals surface area contributed by atoms with Crippen LogP contribution in [0.4, 0.5) is 10.2 Å². The minimum atomic E-state index is -0.515. The predicted octanol–water partition coefficient (Wildman–Crippen LogP) is 1.56. The molecule has 5 heteroatoms. The lowest BCUT2D eigenvalue weighted by molar-refractivity contribution is 0.273. The van der Waals surface area contributed by atoms with E-state index in [1.807, 2.05) is 0 Å². The van der Waals surface area contributed by atoms with Crippen LogP contribution in [0.25, 0.3) is 10.9 Å². The largest absolute Gasteiger partial charge is 0.491 e. The van der Waals surface area contributed by atoms with Gasteiger partial charge in [-0.15, -0.1) is 0 Å². The van der Waals surface area contributed by atoms with E-state index in [0.717, 1.165) is 5.52 Å². The van der Waals surface area contributed by atoms with Crippen LogP contribution in [0.15, 0.2) is 24.5 Å². The van der Waals surface area contributed by atoms with Gasteiger partial charge in [0.2, 0.25) is 0 Å². The van der Waals surface area contributed by atoms with E-state index in [1.165, 1.54) is 6.33 Å². The maximum absolute atomic E-state index is 11.9. The zero-order valence-corrected chi connectivity index (χ0v) is 7.98. The highest BCUT2D eigenvalue weighted by molar-refractivity contribution is 5.88. The summed E-state index contributed by atoms with van der Waals surface area (Å²) in [4.78, 5) is 7.91. The normalized spacial score (nSPS) is 10.5. The van der Waals surface area contributed by atoms with Gasteiger partial charge in [-0.3, -0.25) is 0 Å². The van der Waals surface area contributed by atoms with Crippen molar-refractivity contribution in [3.8, 4) is 5.75 Å². The van der Waals surface area contributed by atoms with E-state index in [9.17, 15) is 4.39 Å². The summed E-state index contributed by atoms with van der Waals surface area (Å²) in [5.74, 6) is 0.965. The molecule has 78 valence electrons. The lowest BCUT2D eigenvalue weighted by Crippen LogP contribution is -1.99. The number of nitrogen functional groups attached to an aromatic ring is 1. The van der Waals surface area contributed by atoms with Crippen molar-refractivity contribution in [2.45, 2.75) is 0 Å². The number of fused-ring (bicyclic) bond motifs is 1. The molecule has 1 aromatic carbocycles. The van der Waals surface area contributed by atoms with E-state index in [4.69, 9.17) is 10.5 Å². The van der Waals surface area contributed by atoms with Gasteiger partial charge in [-0.25, -0.2) is 14.4 Å². The maximum Gasteiger partial charge on any atom is 0.134 e. The topological polar surface area (TPSA) is 61.0 Å². The Morgan fingerprint density at radius 3 is 3.00 bits per heavy atom. The lowest BCUT2D eigenvalue weighted by Gasteiger charge is -2.05. The summed E-state index contributed by atoms with van der Waals surface area (Å²) in [6.07, 6.45) is 1.40. The summed E-state index contributed by atoms with van der Waals surface area (Å²) in [5, 5.41) is 0.717. The molecule has 0 bridgehead atoms. The summed E-state index contributed by atoms with van der Waals surface area (Å²) in [6, 6.07) is 5.20. The van der Waals surface area contributed by atoms with Gasteiger partial charge in [-0.05, 0) is 18.2 Å². The molecule has 0 unspecified atom stereocenters. The number of anilines is 1. The van der Waals surface area contributed by atoms with Crippen molar-refractivity contribution in [2.24, 2.45) is 0 Å². The van der Waals surface area contributed by atoms with Gasteiger partial charge in [0.1, 0.15) is 31.2 Å². The fourth-order valence-electron chi connectivity index (χ4n) is 1.30. The standard InChI is InChI=1S/C10H10FN3O/c11-3-4-15-7-1-2-9-8(5-7)10(12)14-6-13-9/h1-2,5-6H,3-4H2,(H2,12,13,14). The van der Waals surface area contributed by atoms with Crippen LogP contribution in [-0.2, 0) is 0 Å². The number of benzene rings is 1. The highest BCUT2D eigenvalue weighted by Gasteiger charge is 2.02. The molecule has 15 heavy (non-hydrogen) atoms. The first-order valence-electron chi connectivity index (χ1n) is 4.50. The zero-order valence-electron chi connectivity index (χ0n) is 7.98. The molecule has 2 rings (SSSR count). The van der Waals surface area contributed by atoms with Gasteiger partial charge in [-0.1, -0.05) is 0 Å². The molecule has 1 aromatic heterocycles. The minimum absolute atomic E-state index is 0.0408. The molecular formula is C10H10FN3O. The van der Waals surface area contributed by atoms with E-state index in [2.05, 4.69) is 9.97 Å². The Kier molecular flexibility index (Phi) is 2.62. The Balaban J connectivity index is 2.41. The highest BCUT2D eigenvalue weighted by Crippen LogP contribution is 2.22. The Morgan fingerprint density at radius 1 is 1.33 bits per heavy atom. The van der Waals surface area contributed by atoms with Crippen molar-refractivity contribution >= 4 is 16.7 Å². The number of halogens is 1. The minimum Gasteiger partial charge on any atom is -0.491 e. The summed E-state index contributed by atoms with van der Waals surface area (Å²) < 4.78 is 17.0. The monoisotopic (exact) mass is 207 g/mol. The van der Waals surface area contributed by atoms with E-state index < -0.39 is 6.67 Å². The molecule has 0 radical (unpaired) electrons. The quantitative estimate of drug-likeness (QED) is 0.829. The molecule has 0 amide bonds. The molecule has 4 nitrogen and oxygen atoms in total. The zero-order chi connectivity index (χ0) is 10.7. The second kappa shape index (κ2) is 4.08. The molecular weight excluding hydrogens is 197 g/mol. The number of rotatable bonds is 3. The number of hydrogen-bond acceptors (Lipinski definition) is 4. The smallest absolute Gasteiger partial charge is 0.134 e. The van der Waals surface area contributed by atoms with Gasteiger partial charge in [0.15, 0.2) is 0 Å². The summed E-state index contributed by atoms with van der Waals surface area (Å²) in [5.41, 5.74) is 6.42. The van der Waals surface area contributed by atoms with Gasteiger partial charge in [0, 0.05) is 5.39 Å². The highest BCUT2D eigenvalue weighted by atomic mass is 19.1. The Bertz CT molecular complexity index is 475. The van der Waals surface area contributed by atoms with Gasteiger partial charge < -0.3 is 10.5 Å². The lowest BCUT2D eigenvalue weighted by atomic mass is 10.2. The molecule has 0 aliphatic heterocycles. The molecule has 0 saturated heterocycles. The Hall–Kier alpha value is -1.91. The predicted molar refractivity (Wildman–Crippen MR) is 55.4 cm³/mol. The average Bonchev–Trinajstić information content (AvgIpc) is 2.27. The third-order valence-electron chi connectivity index (χ3n) is 1.98. The SMILES string of the molecule is Nc1ncnc2ccc(OCCF)cc12. The van der Waals surface area contributed by atoms with E-state index >= 15 is 0 Å². The Labute approximate surface area is 85.9 Å². The van der Waals surface area contributed by atoms with Crippen molar-refractivity contribution in [1.29, 1.82) is 0 Å². The summed E-state index contributed by atoms with van der Waals surface area (Å²) in [7, 11) is 0. The number of nitrogens with zero attached hydrogens (tertiary/aromatic N) is 2.